The van der Waals surface area contributed by atoms with Gasteiger partial charge in [-0.3, -0.25) is 0 Å². The molecule has 25 heavy (non-hydrogen) atoms. The summed E-state index contributed by atoms with van der Waals surface area (Å²) in [6.45, 7) is 3.89. The Morgan fingerprint density at radius 1 is 1.28 bits per heavy atom. The Hall–Kier alpha value is -3.79. The van der Waals surface area contributed by atoms with E-state index in [1.165, 1.54) is 0 Å². The first-order valence-corrected chi connectivity index (χ1v) is 7.29. The first-order valence-electron chi connectivity index (χ1n) is 7.29. The van der Waals surface area contributed by atoms with Crippen LogP contribution >= 0.6 is 0 Å². The highest BCUT2D eigenvalue weighted by atomic mass is 16.5. The average Bonchev–Trinajstić information content (AvgIpc) is 3.06. The van der Waals surface area contributed by atoms with Gasteiger partial charge in [0.15, 0.2) is 0 Å². The summed E-state index contributed by atoms with van der Waals surface area (Å²) in [7, 11) is 1.91. The van der Waals surface area contributed by atoms with Crippen LogP contribution in [0.2, 0.25) is 0 Å². The van der Waals surface area contributed by atoms with Crippen LogP contribution in [-0.4, -0.2) is 38.4 Å². The number of allylic oxidation sites excluding steroid dienone is 3. The molecule has 124 valence electrons. The van der Waals surface area contributed by atoms with Crippen LogP contribution in [0.15, 0.2) is 60.5 Å². The summed E-state index contributed by atoms with van der Waals surface area (Å²) in [5.74, 6) is 5.29. The normalized spacial score (nSPS) is 13.1. The van der Waals surface area contributed by atoms with E-state index in [1.807, 2.05) is 30.3 Å². The van der Waals surface area contributed by atoms with Gasteiger partial charge >= 0.3 is 5.97 Å². The number of nitrogens with zero attached hydrogens (tertiary/aromatic N) is 3. The molecule has 0 atom stereocenters. The lowest BCUT2D eigenvalue weighted by atomic mass is 10.1. The first kappa shape index (κ1) is 16.1. The number of H-pyrrole nitrogens is 1. The van der Waals surface area contributed by atoms with Crippen molar-refractivity contribution in [1.29, 1.82) is 0 Å². The molecule has 1 aromatic carbocycles. The van der Waals surface area contributed by atoms with Gasteiger partial charge in [0.05, 0.1) is 0 Å². The van der Waals surface area contributed by atoms with E-state index in [4.69, 9.17) is 9.84 Å². The topological polar surface area (TPSA) is 91.3 Å². The molecular formula is C18H14N4O3. The molecule has 7 heteroatoms. The molecule has 0 saturated heterocycles. The van der Waals surface area contributed by atoms with Crippen LogP contribution in [-0.2, 0) is 0 Å². The van der Waals surface area contributed by atoms with Gasteiger partial charge in [0.25, 0.3) is 5.88 Å². The third-order valence-corrected chi connectivity index (χ3v) is 3.39. The number of carboxylic acid groups (broad SMARTS) is 1. The molecule has 2 aromatic rings. The van der Waals surface area contributed by atoms with Gasteiger partial charge in [0.2, 0.25) is 5.69 Å². The van der Waals surface area contributed by atoms with E-state index in [-0.39, 0.29) is 11.6 Å². The Balaban J connectivity index is 1.71. The fourth-order valence-corrected chi connectivity index (χ4v) is 2.00. The lowest BCUT2D eigenvalue weighted by molar-refractivity contribution is 0.0687. The van der Waals surface area contributed by atoms with Crippen molar-refractivity contribution < 1.29 is 14.6 Å². The smallest absolute Gasteiger partial charge is 0.359 e. The summed E-state index contributed by atoms with van der Waals surface area (Å²) in [4.78, 5) is 12.9. The lowest BCUT2D eigenvalue weighted by Gasteiger charge is -2.17. The molecule has 0 aliphatic carbocycles. The molecule has 0 fully saturated rings. The van der Waals surface area contributed by atoms with Crippen molar-refractivity contribution in [2.75, 3.05) is 7.05 Å². The number of rotatable bonds is 3. The first-order chi connectivity index (χ1) is 12.0. The van der Waals surface area contributed by atoms with Crippen molar-refractivity contribution in [3.8, 4) is 23.5 Å². The van der Waals surface area contributed by atoms with Crippen LogP contribution in [0, 0.1) is 11.8 Å². The Morgan fingerprint density at radius 2 is 2.04 bits per heavy atom. The molecule has 0 saturated carbocycles. The zero-order valence-electron chi connectivity index (χ0n) is 13.4. The van der Waals surface area contributed by atoms with E-state index in [9.17, 15) is 4.79 Å². The number of aromatic amines is 1. The molecule has 2 heterocycles. The van der Waals surface area contributed by atoms with Crippen molar-refractivity contribution >= 4 is 5.97 Å². The third-order valence-electron chi connectivity index (χ3n) is 3.39. The fraction of sp³-hybridized carbons (Fsp3) is 0.0556. The van der Waals surface area contributed by atoms with Crippen molar-refractivity contribution in [1.82, 2.24) is 20.3 Å². The predicted molar refractivity (Wildman–Crippen MR) is 90.9 cm³/mol. The summed E-state index contributed by atoms with van der Waals surface area (Å²) in [5.41, 5.74) is 2.38. The van der Waals surface area contributed by atoms with Crippen molar-refractivity contribution in [3.63, 3.8) is 0 Å². The molecule has 0 spiro atoms. The standard InChI is InChI=1S/C18H14N4O3/c1-12-3-4-14(11-22(12)2)6-5-13-7-9-15(10-8-13)25-17-16(18(23)24)19-21-20-17/h3-4,7-11H,1H2,2H3,(H,23,24)(H,19,20,21). The zero-order valence-corrected chi connectivity index (χ0v) is 13.4. The number of hydrogen-bond acceptors (Lipinski definition) is 5. The molecule has 1 aliphatic rings. The monoisotopic (exact) mass is 334 g/mol. The number of hydrogen-bond donors (Lipinski definition) is 2. The molecule has 2 N–H and O–H groups in total. The van der Waals surface area contributed by atoms with E-state index in [1.54, 1.807) is 24.3 Å². The summed E-state index contributed by atoms with van der Waals surface area (Å²) in [6, 6.07) is 6.92. The van der Waals surface area contributed by atoms with Gasteiger partial charge in [0.1, 0.15) is 5.75 Å². The molecule has 0 bridgehead atoms. The SMILES string of the molecule is C=C1C=CC(C#Cc2ccc(Oc3nn[nH]c3C(=O)O)cc2)=CN1C. The predicted octanol–water partition coefficient (Wildman–Crippen LogP) is 2.55. The van der Waals surface area contributed by atoms with Crippen LogP contribution in [0.1, 0.15) is 16.1 Å². The highest BCUT2D eigenvalue weighted by molar-refractivity contribution is 5.87. The third kappa shape index (κ3) is 3.76. The number of carbonyl (C=O) groups is 1. The molecule has 3 rings (SSSR count). The van der Waals surface area contributed by atoms with Gasteiger partial charge in [-0.1, -0.05) is 28.7 Å². The Labute approximate surface area is 143 Å². The maximum absolute atomic E-state index is 11.0. The van der Waals surface area contributed by atoms with Crippen LogP contribution < -0.4 is 4.74 Å². The number of aromatic nitrogens is 3. The minimum Gasteiger partial charge on any atom is -0.476 e. The quantitative estimate of drug-likeness (QED) is 0.838. The number of aromatic carboxylic acids is 1. The van der Waals surface area contributed by atoms with Gasteiger partial charge in [0, 0.05) is 30.1 Å². The number of benzene rings is 1. The van der Waals surface area contributed by atoms with E-state index in [0.717, 1.165) is 16.8 Å². The van der Waals surface area contributed by atoms with Gasteiger partial charge in [-0.25, -0.2) is 9.89 Å². The van der Waals surface area contributed by atoms with E-state index >= 15 is 0 Å². The molecule has 0 unspecified atom stereocenters. The number of carboxylic acids is 1. The molecule has 1 aromatic heterocycles. The second-order valence-corrected chi connectivity index (χ2v) is 5.19. The van der Waals surface area contributed by atoms with Crippen LogP contribution in [0.4, 0.5) is 0 Å². The van der Waals surface area contributed by atoms with Crippen LogP contribution in [0.5, 0.6) is 11.6 Å². The number of ether oxygens (including phenoxy) is 1. The Morgan fingerprint density at radius 3 is 2.72 bits per heavy atom. The largest absolute Gasteiger partial charge is 0.476 e. The maximum atomic E-state index is 11.0. The molecular weight excluding hydrogens is 320 g/mol. The molecule has 1 aliphatic heterocycles. The number of nitrogens with one attached hydrogen (secondary N) is 1. The summed E-state index contributed by atoms with van der Waals surface area (Å²) >= 11 is 0. The fourth-order valence-electron chi connectivity index (χ4n) is 2.00. The summed E-state index contributed by atoms with van der Waals surface area (Å²) in [6.07, 6.45) is 5.72. The van der Waals surface area contributed by atoms with Gasteiger partial charge in [-0.05, 0) is 36.4 Å². The molecule has 7 nitrogen and oxygen atoms in total. The van der Waals surface area contributed by atoms with Crippen LogP contribution in [0.3, 0.4) is 0 Å². The van der Waals surface area contributed by atoms with Crippen molar-refractivity contribution in [3.05, 3.63) is 71.7 Å². The zero-order chi connectivity index (χ0) is 17.8. The minimum absolute atomic E-state index is 0.0906. The van der Waals surface area contributed by atoms with Crippen LogP contribution in [0.25, 0.3) is 0 Å². The number of likely N-dealkylation sites (N-methyl/N-ethyl adjacent to an activating group) is 1. The Bertz CT molecular complexity index is 943. The summed E-state index contributed by atoms with van der Waals surface area (Å²) in [5, 5.41) is 18.3. The van der Waals surface area contributed by atoms with Gasteiger partial charge < -0.3 is 14.7 Å². The van der Waals surface area contributed by atoms with Gasteiger partial charge in [-0.15, -0.1) is 0 Å². The second-order valence-electron chi connectivity index (χ2n) is 5.19. The van der Waals surface area contributed by atoms with Crippen molar-refractivity contribution in [2.24, 2.45) is 0 Å². The second kappa shape index (κ2) is 6.76. The summed E-state index contributed by atoms with van der Waals surface area (Å²) < 4.78 is 5.41. The van der Waals surface area contributed by atoms with Gasteiger partial charge in [-0.2, -0.15) is 0 Å². The van der Waals surface area contributed by atoms with E-state index < -0.39 is 5.97 Å². The lowest BCUT2D eigenvalue weighted by Crippen LogP contribution is -2.10. The highest BCUT2D eigenvalue weighted by Gasteiger charge is 2.16. The van der Waals surface area contributed by atoms with E-state index in [0.29, 0.717) is 5.75 Å². The van der Waals surface area contributed by atoms with E-state index in [2.05, 4.69) is 33.8 Å². The Kier molecular flexibility index (Phi) is 4.35. The molecule has 0 radical (unpaired) electrons. The average molecular weight is 334 g/mol. The highest BCUT2D eigenvalue weighted by Crippen LogP contribution is 2.21. The minimum atomic E-state index is -1.19. The molecule has 0 amide bonds. The maximum Gasteiger partial charge on any atom is 0.359 e. The van der Waals surface area contributed by atoms with Crippen molar-refractivity contribution in [2.45, 2.75) is 0 Å².